The molecule has 0 aromatic heterocycles. The van der Waals surface area contributed by atoms with Crippen molar-refractivity contribution in [2.45, 2.75) is 39.2 Å². The summed E-state index contributed by atoms with van der Waals surface area (Å²) < 4.78 is 6.04. The maximum absolute atomic E-state index is 6.04. The molecule has 100 valence electrons. The summed E-state index contributed by atoms with van der Waals surface area (Å²) in [6.45, 7) is 9.18. The number of hydrogen-bond donors (Lipinski definition) is 1. The van der Waals surface area contributed by atoms with Crippen LogP contribution in [0, 0.1) is 6.92 Å². The Morgan fingerprint density at radius 1 is 1.33 bits per heavy atom. The summed E-state index contributed by atoms with van der Waals surface area (Å²) in [5.41, 5.74) is 7.96. The van der Waals surface area contributed by atoms with Gasteiger partial charge in [-0.1, -0.05) is 6.07 Å². The predicted molar refractivity (Wildman–Crippen MR) is 76.4 cm³/mol. The minimum absolute atomic E-state index is 0.120. The first-order chi connectivity index (χ1) is 8.52. The molecule has 3 heteroatoms. The van der Waals surface area contributed by atoms with Crippen molar-refractivity contribution in [3.8, 4) is 5.75 Å². The van der Waals surface area contributed by atoms with Crippen LogP contribution in [0.4, 0.5) is 5.69 Å². The zero-order valence-corrected chi connectivity index (χ0v) is 11.7. The Morgan fingerprint density at radius 3 is 2.83 bits per heavy atom. The molecule has 3 nitrogen and oxygen atoms in total. The van der Waals surface area contributed by atoms with Crippen LogP contribution in [0.2, 0.25) is 0 Å². The van der Waals surface area contributed by atoms with Crippen LogP contribution in [0.5, 0.6) is 5.75 Å². The summed E-state index contributed by atoms with van der Waals surface area (Å²) in [7, 11) is 0. The van der Waals surface area contributed by atoms with Crippen LogP contribution in [0.25, 0.3) is 0 Å². The number of unbranched alkanes of at least 4 members (excludes halogenated alkanes) is 1. The maximum atomic E-state index is 6.04. The SMILES string of the molecule is Cc1ccc2c(c1)N(CCCCN)CC(C)(C)O2. The molecule has 0 spiro atoms. The van der Waals surface area contributed by atoms with E-state index in [1.165, 1.54) is 11.3 Å². The topological polar surface area (TPSA) is 38.5 Å². The Hall–Kier alpha value is -1.22. The molecular weight excluding hydrogens is 224 g/mol. The zero-order chi connectivity index (χ0) is 13.2. The van der Waals surface area contributed by atoms with Crippen LogP contribution in [0.15, 0.2) is 18.2 Å². The molecular formula is C15H24N2O. The Bertz CT molecular complexity index is 415. The molecule has 0 saturated carbocycles. The third-order valence-electron chi connectivity index (χ3n) is 3.30. The number of rotatable bonds is 4. The van der Waals surface area contributed by atoms with Gasteiger partial charge in [-0.05, 0) is 57.9 Å². The highest BCUT2D eigenvalue weighted by molar-refractivity contribution is 5.62. The summed E-state index contributed by atoms with van der Waals surface area (Å²) >= 11 is 0. The van der Waals surface area contributed by atoms with Crippen molar-refractivity contribution in [1.29, 1.82) is 0 Å². The van der Waals surface area contributed by atoms with E-state index in [4.69, 9.17) is 10.5 Å². The monoisotopic (exact) mass is 248 g/mol. The number of nitrogens with two attached hydrogens (primary N) is 1. The predicted octanol–water partition coefficient (Wildman–Crippen LogP) is 2.71. The van der Waals surface area contributed by atoms with E-state index in [0.717, 1.165) is 38.2 Å². The summed E-state index contributed by atoms with van der Waals surface area (Å²) in [6, 6.07) is 6.41. The highest BCUT2D eigenvalue weighted by Crippen LogP contribution is 2.37. The van der Waals surface area contributed by atoms with Gasteiger partial charge in [0.15, 0.2) is 0 Å². The quantitative estimate of drug-likeness (QED) is 0.833. The van der Waals surface area contributed by atoms with Gasteiger partial charge in [0.2, 0.25) is 0 Å². The number of ether oxygens (including phenoxy) is 1. The normalized spacial score (nSPS) is 17.2. The second-order valence-corrected chi connectivity index (χ2v) is 5.75. The second kappa shape index (κ2) is 5.19. The van der Waals surface area contributed by atoms with E-state index in [1.807, 2.05) is 0 Å². The van der Waals surface area contributed by atoms with Gasteiger partial charge in [-0.3, -0.25) is 0 Å². The number of aryl methyl sites for hydroxylation is 1. The molecule has 0 fully saturated rings. The lowest BCUT2D eigenvalue weighted by atomic mass is 10.0. The van der Waals surface area contributed by atoms with Crippen molar-refractivity contribution in [1.82, 2.24) is 0 Å². The molecule has 0 amide bonds. The summed E-state index contributed by atoms with van der Waals surface area (Å²) in [4.78, 5) is 2.43. The minimum atomic E-state index is -0.120. The van der Waals surface area contributed by atoms with Gasteiger partial charge < -0.3 is 15.4 Å². The van der Waals surface area contributed by atoms with Crippen molar-refractivity contribution in [3.05, 3.63) is 23.8 Å². The lowest BCUT2D eigenvalue weighted by Crippen LogP contribution is -2.47. The number of fused-ring (bicyclic) bond motifs is 1. The summed E-state index contributed by atoms with van der Waals surface area (Å²) in [6.07, 6.45) is 2.22. The van der Waals surface area contributed by atoms with Gasteiger partial charge in [-0.15, -0.1) is 0 Å². The van der Waals surface area contributed by atoms with Crippen LogP contribution in [-0.4, -0.2) is 25.2 Å². The first kappa shape index (κ1) is 13.2. The lowest BCUT2D eigenvalue weighted by Gasteiger charge is -2.41. The fourth-order valence-corrected chi connectivity index (χ4v) is 2.48. The Labute approximate surface area is 110 Å². The largest absolute Gasteiger partial charge is 0.484 e. The van der Waals surface area contributed by atoms with Gasteiger partial charge in [0.05, 0.1) is 12.2 Å². The van der Waals surface area contributed by atoms with Gasteiger partial charge in [-0.25, -0.2) is 0 Å². The number of benzene rings is 1. The van der Waals surface area contributed by atoms with Gasteiger partial charge in [-0.2, -0.15) is 0 Å². The number of anilines is 1. The fourth-order valence-electron chi connectivity index (χ4n) is 2.48. The van der Waals surface area contributed by atoms with Crippen LogP contribution >= 0.6 is 0 Å². The van der Waals surface area contributed by atoms with Crippen LogP contribution in [-0.2, 0) is 0 Å². The van der Waals surface area contributed by atoms with Crippen molar-refractivity contribution in [3.63, 3.8) is 0 Å². The van der Waals surface area contributed by atoms with Crippen LogP contribution in [0.1, 0.15) is 32.3 Å². The smallest absolute Gasteiger partial charge is 0.143 e. The molecule has 0 saturated heterocycles. The molecule has 18 heavy (non-hydrogen) atoms. The first-order valence-corrected chi connectivity index (χ1v) is 6.76. The molecule has 1 aromatic carbocycles. The second-order valence-electron chi connectivity index (χ2n) is 5.75. The van der Waals surface area contributed by atoms with Gasteiger partial charge >= 0.3 is 0 Å². The standard InChI is InChI=1S/C15H24N2O/c1-12-6-7-14-13(10-12)17(9-5-4-8-16)11-15(2,3)18-14/h6-7,10H,4-5,8-9,11,16H2,1-3H3. The lowest BCUT2D eigenvalue weighted by molar-refractivity contribution is 0.105. The molecule has 0 unspecified atom stereocenters. The average molecular weight is 248 g/mol. The molecule has 0 radical (unpaired) electrons. The highest BCUT2D eigenvalue weighted by atomic mass is 16.5. The molecule has 1 aliphatic heterocycles. The van der Waals surface area contributed by atoms with E-state index in [2.05, 4.69) is 43.9 Å². The van der Waals surface area contributed by atoms with Crippen molar-refractivity contribution < 1.29 is 4.74 Å². The summed E-state index contributed by atoms with van der Waals surface area (Å²) in [5.74, 6) is 1.00. The average Bonchev–Trinajstić information content (AvgIpc) is 2.29. The zero-order valence-electron chi connectivity index (χ0n) is 11.7. The molecule has 0 atom stereocenters. The Kier molecular flexibility index (Phi) is 3.81. The van der Waals surface area contributed by atoms with Crippen molar-refractivity contribution in [2.24, 2.45) is 5.73 Å². The third kappa shape index (κ3) is 2.96. The van der Waals surface area contributed by atoms with E-state index in [9.17, 15) is 0 Å². The van der Waals surface area contributed by atoms with Crippen molar-refractivity contribution >= 4 is 5.69 Å². The minimum Gasteiger partial charge on any atom is -0.484 e. The van der Waals surface area contributed by atoms with Gasteiger partial charge in [0.25, 0.3) is 0 Å². The van der Waals surface area contributed by atoms with Gasteiger partial charge in [0, 0.05) is 6.54 Å². The molecule has 1 aromatic rings. The Balaban J connectivity index is 2.21. The van der Waals surface area contributed by atoms with Crippen LogP contribution in [0.3, 0.4) is 0 Å². The number of nitrogens with zero attached hydrogens (tertiary/aromatic N) is 1. The van der Waals surface area contributed by atoms with E-state index in [-0.39, 0.29) is 5.60 Å². The third-order valence-corrected chi connectivity index (χ3v) is 3.30. The molecule has 0 aliphatic carbocycles. The maximum Gasteiger partial charge on any atom is 0.143 e. The van der Waals surface area contributed by atoms with E-state index < -0.39 is 0 Å². The summed E-state index contributed by atoms with van der Waals surface area (Å²) in [5, 5.41) is 0. The van der Waals surface area contributed by atoms with Crippen molar-refractivity contribution in [2.75, 3.05) is 24.5 Å². The number of hydrogen-bond acceptors (Lipinski definition) is 3. The van der Waals surface area contributed by atoms with E-state index in [1.54, 1.807) is 0 Å². The van der Waals surface area contributed by atoms with Crippen LogP contribution < -0.4 is 15.4 Å². The van der Waals surface area contributed by atoms with Gasteiger partial charge in [0.1, 0.15) is 11.4 Å². The molecule has 0 bridgehead atoms. The molecule has 1 aliphatic rings. The first-order valence-electron chi connectivity index (χ1n) is 6.76. The molecule has 2 N–H and O–H groups in total. The Morgan fingerprint density at radius 2 is 2.11 bits per heavy atom. The highest BCUT2D eigenvalue weighted by Gasteiger charge is 2.31. The van der Waals surface area contributed by atoms with E-state index >= 15 is 0 Å². The molecule has 1 heterocycles. The fraction of sp³-hybridized carbons (Fsp3) is 0.600. The molecule has 2 rings (SSSR count). The van der Waals surface area contributed by atoms with E-state index in [0.29, 0.717) is 0 Å².